The molecule has 0 N–H and O–H groups in total. The first-order valence-electron chi connectivity index (χ1n) is 13.5. The molecule has 198 valence electrons. The zero-order chi connectivity index (χ0) is 26.6. The summed E-state index contributed by atoms with van der Waals surface area (Å²) in [6.07, 6.45) is -3.36. The summed E-state index contributed by atoms with van der Waals surface area (Å²) in [5.41, 5.74) is 0. The molecule has 0 aromatic heterocycles. The molecule has 0 aliphatic carbocycles. The van der Waals surface area contributed by atoms with Gasteiger partial charge in [-0.1, -0.05) is 0 Å². The molecule has 3 heteroatoms. The summed E-state index contributed by atoms with van der Waals surface area (Å²) in [5, 5.41) is 8.43. The van der Waals surface area contributed by atoms with Crippen molar-refractivity contribution in [2.75, 3.05) is 6.66 Å². The molecule has 0 nitrogen and oxygen atoms in total. The number of rotatable bonds is 7. The van der Waals surface area contributed by atoms with Crippen molar-refractivity contribution in [2.45, 2.75) is 0 Å². The Labute approximate surface area is 256 Å². The van der Waals surface area contributed by atoms with E-state index >= 15 is 0 Å². The predicted molar refractivity (Wildman–Crippen MR) is 192 cm³/mol. The van der Waals surface area contributed by atoms with Crippen LogP contribution in [0.4, 0.5) is 0 Å². The van der Waals surface area contributed by atoms with Gasteiger partial charge in [0.1, 0.15) is 0 Å². The summed E-state index contributed by atoms with van der Waals surface area (Å²) in [4.78, 5) is 0. The molecule has 0 amide bonds. The topological polar surface area (TPSA) is 0 Å². The normalized spacial score (nSPS) is 12.5. The Hall–Kier alpha value is -3.09. The third kappa shape index (κ3) is 4.10. The number of benzene rings is 6. The third-order valence-corrected chi connectivity index (χ3v) is 26.3. The van der Waals surface area contributed by atoms with E-state index < -0.39 is 13.2 Å². The van der Waals surface area contributed by atoms with Crippen LogP contribution in [0, 0.1) is 0 Å². The molecule has 0 aliphatic rings. The largest absolute Gasteiger partial charge is 0.107 e. The van der Waals surface area contributed by atoms with Crippen LogP contribution in [0.1, 0.15) is 0 Å². The van der Waals surface area contributed by atoms with E-state index in [0.717, 1.165) is 0 Å². The van der Waals surface area contributed by atoms with Gasteiger partial charge < -0.3 is 0 Å². The smallest absolute Gasteiger partial charge is 0.107 e. The molecule has 0 saturated heterocycles. The molecule has 0 radical (unpaired) electrons. The fraction of sp³-hybridized carbons (Fsp3) is 0.0270. The maximum absolute atomic E-state index is 3.36. The van der Waals surface area contributed by atoms with Gasteiger partial charge in [-0.05, 0) is 0 Å². The van der Waals surface area contributed by atoms with Crippen molar-refractivity contribution in [3.8, 4) is 0 Å². The van der Waals surface area contributed by atoms with Gasteiger partial charge in [0.2, 0.25) is 0 Å². The SMILES string of the molecule is CP(c1ccccc1)(c1ccccc1)(c1ccccc1)[P+](c1ccccc1)(c1ccccc1)c1ccccc1.I. The van der Waals surface area contributed by atoms with Crippen LogP contribution in [0.25, 0.3) is 0 Å². The van der Waals surface area contributed by atoms with Crippen molar-refractivity contribution >= 4 is 69.0 Å². The zero-order valence-corrected chi connectivity index (χ0v) is 26.7. The van der Waals surface area contributed by atoms with E-state index in [1.54, 1.807) is 0 Å². The maximum Gasteiger partial charge on any atom is -0.107 e. The Balaban J connectivity index is 0.00000323. The van der Waals surface area contributed by atoms with Crippen LogP contribution in [0.5, 0.6) is 0 Å². The minimum absolute atomic E-state index is 0. The summed E-state index contributed by atoms with van der Waals surface area (Å²) in [7, 11) is 0. The molecule has 0 spiro atoms. The molecule has 0 aliphatic heterocycles. The van der Waals surface area contributed by atoms with Gasteiger partial charge in [-0.15, -0.1) is 24.0 Å². The fourth-order valence-electron chi connectivity index (χ4n) is 6.59. The molecule has 0 atom stereocenters. The Morgan fingerprint density at radius 2 is 0.525 bits per heavy atom. The number of hydrogen-bond acceptors (Lipinski definition) is 0. The molecule has 0 bridgehead atoms. The molecule has 0 unspecified atom stereocenters. The Bertz CT molecular complexity index is 1440. The molecule has 0 fully saturated rings. The second kappa shape index (κ2) is 11.8. The van der Waals surface area contributed by atoms with E-state index in [1.165, 1.54) is 31.8 Å². The molecular weight excluding hydrogens is 633 g/mol. The van der Waals surface area contributed by atoms with Crippen LogP contribution >= 0.6 is 37.2 Å². The standard InChI is InChI=1S/C37H33P2.HI/c1-39(35-26-14-5-15-27-35,36-28-16-6-17-29-36,37-30-18-7-19-31-37)38(32-20-8-2-9-21-32,33-22-10-3-11-23-33)34-24-12-4-13-25-34;/h2-31H,1H3;1H/q+1;. The molecular formula is C37H34IP2+. The minimum atomic E-state index is -3.36. The van der Waals surface area contributed by atoms with Crippen LogP contribution in [-0.4, -0.2) is 6.66 Å². The molecule has 6 aromatic carbocycles. The van der Waals surface area contributed by atoms with Gasteiger partial charge in [-0.3, -0.25) is 0 Å². The Kier molecular flexibility index (Phi) is 8.39. The first-order valence-corrected chi connectivity index (χ1v) is 18.6. The van der Waals surface area contributed by atoms with E-state index in [9.17, 15) is 0 Å². The van der Waals surface area contributed by atoms with E-state index in [4.69, 9.17) is 0 Å². The molecule has 6 rings (SSSR count). The predicted octanol–water partition coefficient (Wildman–Crippen LogP) is 7.67. The average Bonchev–Trinajstić information content (AvgIpc) is 3.04. The van der Waals surface area contributed by atoms with Crippen molar-refractivity contribution in [1.82, 2.24) is 0 Å². The van der Waals surface area contributed by atoms with Gasteiger partial charge in [0, 0.05) is 0 Å². The van der Waals surface area contributed by atoms with Crippen molar-refractivity contribution in [3.63, 3.8) is 0 Å². The van der Waals surface area contributed by atoms with Crippen LogP contribution in [-0.2, 0) is 0 Å². The van der Waals surface area contributed by atoms with Gasteiger partial charge >= 0.3 is 234 Å². The number of hydrogen-bond donors (Lipinski definition) is 0. The summed E-state index contributed by atoms with van der Waals surface area (Å²) >= 11 is 0. The summed E-state index contributed by atoms with van der Waals surface area (Å²) in [6, 6.07) is 68.2. The Morgan fingerprint density at radius 3 is 0.750 bits per heavy atom. The van der Waals surface area contributed by atoms with Gasteiger partial charge in [-0.25, -0.2) is 0 Å². The first-order chi connectivity index (χ1) is 19.2. The van der Waals surface area contributed by atoms with E-state index in [2.05, 4.69) is 189 Å². The zero-order valence-electron chi connectivity index (χ0n) is 22.6. The van der Waals surface area contributed by atoms with Crippen molar-refractivity contribution in [2.24, 2.45) is 0 Å². The summed E-state index contributed by atoms with van der Waals surface area (Å²) in [5.74, 6) is 0. The van der Waals surface area contributed by atoms with E-state index in [-0.39, 0.29) is 24.0 Å². The van der Waals surface area contributed by atoms with E-state index in [0.29, 0.717) is 0 Å². The van der Waals surface area contributed by atoms with Gasteiger partial charge in [-0.2, -0.15) is 0 Å². The molecule has 0 heterocycles. The summed E-state index contributed by atoms with van der Waals surface area (Å²) < 4.78 is 0. The Morgan fingerprint density at radius 1 is 0.325 bits per heavy atom. The molecule has 40 heavy (non-hydrogen) atoms. The monoisotopic (exact) mass is 667 g/mol. The maximum atomic E-state index is 2.65. The average molecular weight is 668 g/mol. The van der Waals surface area contributed by atoms with Gasteiger partial charge in [0.25, 0.3) is 0 Å². The third-order valence-electron chi connectivity index (χ3n) is 8.30. The summed E-state index contributed by atoms with van der Waals surface area (Å²) in [6.45, 7) is 0.204. The second-order valence-corrected chi connectivity index (χ2v) is 22.3. The van der Waals surface area contributed by atoms with Crippen LogP contribution in [0.2, 0.25) is 0 Å². The van der Waals surface area contributed by atoms with Crippen molar-refractivity contribution < 1.29 is 0 Å². The molecule has 0 saturated carbocycles. The van der Waals surface area contributed by atoms with Crippen LogP contribution < -0.4 is 31.8 Å². The van der Waals surface area contributed by atoms with Gasteiger partial charge in [0.15, 0.2) is 0 Å². The van der Waals surface area contributed by atoms with E-state index in [1.807, 2.05) is 0 Å². The minimum Gasteiger partial charge on any atom is -0.107 e. The quantitative estimate of drug-likeness (QED) is 0.121. The molecule has 6 aromatic rings. The van der Waals surface area contributed by atoms with Gasteiger partial charge in [0.05, 0.1) is 0 Å². The fourth-order valence-corrected chi connectivity index (χ4v) is 26.4. The number of halogens is 1. The van der Waals surface area contributed by atoms with Crippen LogP contribution in [0.15, 0.2) is 182 Å². The van der Waals surface area contributed by atoms with Crippen molar-refractivity contribution in [3.05, 3.63) is 182 Å². The second-order valence-electron chi connectivity index (χ2n) is 10.2. The first kappa shape index (κ1) is 28.4. The van der Waals surface area contributed by atoms with Crippen molar-refractivity contribution in [1.29, 1.82) is 0 Å². The van der Waals surface area contributed by atoms with Crippen LogP contribution in [0.3, 0.4) is 0 Å².